The predicted octanol–water partition coefficient (Wildman–Crippen LogP) is 5.23. The first-order chi connectivity index (χ1) is 22.5. The summed E-state index contributed by atoms with van der Waals surface area (Å²) in [5, 5.41) is 5.90. The molecule has 2 N–H and O–H groups in total. The number of rotatable bonds is 13. The number of ether oxygens (including phenoxy) is 1. The fraction of sp³-hybridized carbons (Fsp3) is 0.562. The van der Waals surface area contributed by atoms with Gasteiger partial charge in [0, 0.05) is 23.7 Å². The van der Waals surface area contributed by atoms with Crippen LogP contribution in [0.3, 0.4) is 0 Å². The Hall–Kier alpha value is -3.73. The second-order valence-corrected chi connectivity index (χ2v) is 14.0. The first-order valence-electron chi connectivity index (χ1n) is 16.0. The van der Waals surface area contributed by atoms with E-state index in [-0.39, 0.29) is 49.0 Å². The van der Waals surface area contributed by atoms with E-state index in [1.165, 1.54) is 6.33 Å². The molecule has 4 heterocycles. The van der Waals surface area contributed by atoms with Crippen LogP contribution < -0.4 is 10.6 Å². The first-order valence-corrected chi connectivity index (χ1v) is 17.1. The molecule has 15 heteroatoms. The molecule has 0 radical (unpaired) electrons. The zero-order valence-corrected chi connectivity index (χ0v) is 28.8. The number of amides is 3. The molecule has 1 aromatic carbocycles. The Morgan fingerprint density at radius 2 is 1.87 bits per heavy atom. The smallest absolute Gasteiger partial charge is 0.318 e. The van der Waals surface area contributed by atoms with Crippen molar-refractivity contribution in [3.63, 3.8) is 0 Å². The summed E-state index contributed by atoms with van der Waals surface area (Å²) in [4.78, 5) is 45.4. The van der Waals surface area contributed by atoms with Gasteiger partial charge in [-0.15, -0.1) is 0 Å². The number of hydrogen-bond acceptors (Lipinski definition) is 9. The number of nitrogens with zero attached hydrogens (tertiary/aromatic N) is 7. The van der Waals surface area contributed by atoms with E-state index >= 15 is 0 Å². The van der Waals surface area contributed by atoms with Crippen LogP contribution in [0.4, 0.5) is 10.6 Å². The van der Waals surface area contributed by atoms with Gasteiger partial charge in [0.25, 0.3) is 14.4 Å². The van der Waals surface area contributed by atoms with E-state index in [0.29, 0.717) is 29.7 Å². The Labute approximate surface area is 277 Å². The third kappa shape index (κ3) is 6.96. The van der Waals surface area contributed by atoms with Crippen molar-refractivity contribution in [2.75, 3.05) is 25.0 Å². The molecule has 2 bridgehead atoms. The molecule has 0 aliphatic carbocycles. The summed E-state index contributed by atoms with van der Waals surface area (Å²) < 4.78 is 24.1. The van der Waals surface area contributed by atoms with E-state index < -0.39 is 32.5 Å². The van der Waals surface area contributed by atoms with Crippen LogP contribution in [0.1, 0.15) is 71.5 Å². The normalized spacial score (nSPS) is 22.9. The number of fused-ring (bicyclic) bond motifs is 3. The van der Waals surface area contributed by atoms with E-state index in [2.05, 4.69) is 62.8 Å². The molecule has 2 aromatic heterocycles. The Balaban J connectivity index is 1.54. The minimum Gasteiger partial charge on any atom is -0.344 e. The Morgan fingerprint density at radius 3 is 2.51 bits per heavy atom. The van der Waals surface area contributed by atoms with Crippen LogP contribution in [-0.2, 0) is 13.8 Å². The van der Waals surface area contributed by atoms with Gasteiger partial charge in [-0.1, -0.05) is 25.1 Å². The lowest BCUT2D eigenvalue weighted by molar-refractivity contribution is -0.127. The van der Waals surface area contributed by atoms with Gasteiger partial charge in [0.05, 0.1) is 12.9 Å². The number of morpholine rings is 1. The van der Waals surface area contributed by atoms with E-state index in [0.717, 1.165) is 0 Å². The lowest BCUT2D eigenvalue weighted by Crippen LogP contribution is -2.52. The Kier molecular flexibility index (Phi) is 10.7. The molecule has 3 aromatic rings. The average molecular weight is 666 g/mol. The summed E-state index contributed by atoms with van der Waals surface area (Å²) in [5.41, 5.74) is 0.455. The molecule has 3 amide bonds. The minimum atomic E-state index is -1.63. The zero-order chi connectivity index (χ0) is 33.9. The van der Waals surface area contributed by atoms with Crippen molar-refractivity contribution in [2.24, 2.45) is 0 Å². The fourth-order valence-corrected chi connectivity index (χ4v) is 8.08. The maximum absolute atomic E-state index is 13.7. The highest BCUT2D eigenvalue weighted by molar-refractivity contribution is 7.44. The number of carbonyl (C=O) groups is 2. The highest BCUT2D eigenvalue weighted by Crippen LogP contribution is 2.57. The van der Waals surface area contributed by atoms with Crippen molar-refractivity contribution in [1.29, 1.82) is 0 Å². The first kappa shape index (κ1) is 34.6. The van der Waals surface area contributed by atoms with Crippen LogP contribution in [0.15, 0.2) is 43.0 Å². The van der Waals surface area contributed by atoms with Gasteiger partial charge in [-0.2, -0.15) is 0 Å². The summed E-state index contributed by atoms with van der Waals surface area (Å²) in [7, 11) is -1.63. The second-order valence-electron chi connectivity index (χ2n) is 12.6. The highest BCUT2D eigenvalue weighted by atomic mass is 31.2. The number of aromatic nitrogens is 4. The van der Waals surface area contributed by atoms with Crippen LogP contribution in [0, 0.1) is 6.57 Å². The number of imidazole rings is 1. The van der Waals surface area contributed by atoms with Crippen molar-refractivity contribution in [1.82, 2.24) is 34.4 Å². The van der Waals surface area contributed by atoms with Gasteiger partial charge in [0.15, 0.2) is 23.2 Å². The number of anilines is 1. The molecule has 14 nitrogen and oxygen atoms in total. The van der Waals surface area contributed by atoms with Crippen molar-refractivity contribution in [3.8, 4) is 0 Å². The average Bonchev–Trinajstić information content (AvgIpc) is 3.70. The molecule has 5 rings (SSSR count). The molecule has 252 valence electrons. The van der Waals surface area contributed by atoms with Crippen molar-refractivity contribution in [2.45, 2.75) is 97.0 Å². The van der Waals surface area contributed by atoms with Gasteiger partial charge in [-0.05, 0) is 60.1 Å². The monoisotopic (exact) mass is 665 g/mol. The number of nitrogens with one attached hydrogen (secondary N) is 2. The van der Waals surface area contributed by atoms with E-state index in [9.17, 15) is 9.59 Å². The molecule has 2 aliphatic heterocycles. The lowest BCUT2D eigenvalue weighted by Gasteiger charge is -2.38. The van der Waals surface area contributed by atoms with Gasteiger partial charge in [-0.25, -0.2) is 31.0 Å². The van der Waals surface area contributed by atoms with Crippen LogP contribution in [0.25, 0.3) is 16.0 Å². The predicted molar refractivity (Wildman–Crippen MR) is 178 cm³/mol. The van der Waals surface area contributed by atoms with Gasteiger partial charge in [0.1, 0.15) is 30.7 Å². The number of likely N-dealkylation sites (tertiary alicyclic amines) is 1. The maximum Gasteiger partial charge on any atom is 0.318 e. The molecular formula is C32H44N9O5P. The Bertz CT molecular complexity index is 1590. The van der Waals surface area contributed by atoms with Crippen molar-refractivity contribution in [3.05, 3.63) is 60.0 Å². The molecule has 0 spiro atoms. The molecule has 2 saturated heterocycles. The third-order valence-electron chi connectivity index (χ3n) is 8.30. The summed E-state index contributed by atoms with van der Waals surface area (Å²) in [5.74, 6) is -0.0582. The molecule has 2 fully saturated rings. The van der Waals surface area contributed by atoms with E-state index in [4.69, 9.17) is 20.4 Å². The minimum absolute atomic E-state index is 0.0815. The number of carbonyl (C=O) groups excluding carboxylic acids is 2. The topological polar surface area (TPSA) is 140 Å². The summed E-state index contributed by atoms with van der Waals surface area (Å²) in [6.07, 6.45) is 2.26. The van der Waals surface area contributed by atoms with Crippen LogP contribution in [-0.4, -0.2) is 96.6 Å². The fourth-order valence-electron chi connectivity index (χ4n) is 6.27. The summed E-state index contributed by atoms with van der Waals surface area (Å²) in [6, 6.07) is 8.18. The molecule has 5 atom stereocenters. The zero-order valence-electron chi connectivity index (χ0n) is 28.0. The lowest BCUT2D eigenvalue weighted by atomic mass is 9.96. The van der Waals surface area contributed by atoms with Crippen molar-refractivity contribution < 1.29 is 23.4 Å². The van der Waals surface area contributed by atoms with Gasteiger partial charge >= 0.3 is 6.03 Å². The standard InChI is InChI=1S/C32H44N9O5P/c1-9-32-17-39(31(43)37-20(2)3)25(26(32)46-47(44-16-15-33-8)41(21(4)5)22(6)7)30(45-32)40-19-36-24-27(34-18-35-28(24)40)38-29(42)23-13-11-10-12-14-23/h10-14,18-22,25-26,30H,9,15-17H2,1-7H3,(H,37,43)(H,34,35,38,42)/t25-,26+,30-,32+,47?/m1/s1. The van der Waals surface area contributed by atoms with Crippen LogP contribution in [0.5, 0.6) is 0 Å². The van der Waals surface area contributed by atoms with E-state index in [1.807, 2.05) is 26.8 Å². The van der Waals surface area contributed by atoms with Gasteiger partial charge in [0.2, 0.25) is 6.54 Å². The number of benzene rings is 1. The SMILES string of the molecule is [C-]#[N+]CCOP(O[C@H]1[C@@H]2[C@H](n3cnc4c(NC(=O)c5ccccc5)ncnc43)O[C@@]1(CC)CN2C(=O)NC(C)C)N(C(C)C)C(C)C. The molecule has 47 heavy (non-hydrogen) atoms. The third-order valence-corrected chi connectivity index (χ3v) is 10.4. The molecular weight excluding hydrogens is 621 g/mol. The van der Waals surface area contributed by atoms with Gasteiger partial charge in [-0.3, -0.25) is 9.36 Å². The van der Waals surface area contributed by atoms with Crippen LogP contribution in [0.2, 0.25) is 0 Å². The van der Waals surface area contributed by atoms with Gasteiger partial charge < -0.3 is 34.2 Å². The Morgan fingerprint density at radius 1 is 1.15 bits per heavy atom. The van der Waals surface area contributed by atoms with E-state index in [1.54, 1.807) is 40.1 Å². The van der Waals surface area contributed by atoms with Crippen LogP contribution >= 0.6 is 8.53 Å². The maximum atomic E-state index is 13.7. The summed E-state index contributed by atoms with van der Waals surface area (Å²) >= 11 is 0. The largest absolute Gasteiger partial charge is 0.344 e. The number of urea groups is 1. The molecule has 1 unspecified atom stereocenters. The molecule has 2 aliphatic rings. The quantitative estimate of drug-likeness (QED) is 0.143. The molecule has 0 saturated carbocycles. The summed E-state index contributed by atoms with van der Waals surface area (Å²) in [6.45, 7) is 22.2. The number of hydrogen-bond donors (Lipinski definition) is 2. The highest BCUT2D eigenvalue weighted by Gasteiger charge is 2.66. The second kappa shape index (κ2) is 14.6. The van der Waals surface area contributed by atoms with Crippen molar-refractivity contribution >= 4 is 37.4 Å².